The number of hydrogen-bond donors (Lipinski definition) is 1. The van der Waals surface area contributed by atoms with E-state index < -0.39 is 60.4 Å². The van der Waals surface area contributed by atoms with Crippen molar-refractivity contribution >= 4 is 29.8 Å². The van der Waals surface area contributed by atoms with Gasteiger partial charge in [-0.2, -0.15) is 0 Å². The fraction of sp³-hybridized carbons (Fsp3) is 0.522. The molecule has 0 radical (unpaired) electrons. The van der Waals surface area contributed by atoms with E-state index in [0.717, 1.165) is 27.9 Å². The molecule has 1 aromatic carbocycles. The van der Waals surface area contributed by atoms with Crippen molar-refractivity contribution < 1.29 is 61.9 Å². The van der Waals surface area contributed by atoms with E-state index in [1.165, 1.54) is 33.5 Å². The van der Waals surface area contributed by atoms with Crippen molar-refractivity contribution in [3.8, 4) is 17.2 Å². The number of nitrogens with one attached hydrogen (secondary N) is 1. The van der Waals surface area contributed by atoms with Gasteiger partial charge in [-0.25, -0.2) is 4.79 Å². The average molecular weight is 527 g/mol. The van der Waals surface area contributed by atoms with E-state index in [4.69, 9.17) is 37.9 Å². The molecule has 14 heteroatoms. The van der Waals surface area contributed by atoms with Crippen LogP contribution in [-0.2, 0) is 42.9 Å². The third-order valence-corrected chi connectivity index (χ3v) is 5.08. The Bertz CT molecular complexity index is 1010. The predicted molar refractivity (Wildman–Crippen MR) is 121 cm³/mol. The number of hydrogen-bond acceptors (Lipinski definition) is 13. The molecule has 0 saturated carbocycles. The maximum atomic E-state index is 13.2. The quantitative estimate of drug-likeness (QED) is 0.340. The second kappa shape index (κ2) is 12.8. The van der Waals surface area contributed by atoms with Crippen molar-refractivity contribution in [2.75, 3.05) is 28.4 Å². The van der Waals surface area contributed by atoms with Gasteiger partial charge in [-0.1, -0.05) is 0 Å². The normalized spacial score (nSPS) is 22.6. The van der Waals surface area contributed by atoms with Crippen LogP contribution in [0.3, 0.4) is 0 Å². The van der Waals surface area contributed by atoms with Gasteiger partial charge in [-0.15, -0.1) is 0 Å². The molecule has 0 spiro atoms. The van der Waals surface area contributed by atoms with Crippen LogP contribution in [0.4, 0.5) is 0 Å². The third kappa shape index (κ3) is 7.00. The van der Waals surface area contributed by atoms with Crippen molar-refractivity contribution in [1.82, 2.24) is 5.32 Å². The molecule has 1 aliphatic rings. The molecule has 1 saturated heterocycles. The third-order valence-electron chi connectivity index (χ3n) is 5.08. The van der Waals surface area contributed by atoms with Crippen molar-refractivity contribution in [2.45, 2.75) is 51.4 Å². The maximum absolute atomic E-state index is 13.2. The van der Waals surface area contributed by atoms with Crippen LogP contribution in [0.1, 0.15) is 31.1 Å². The molecule has 1 aromatic rings. The van der Waals surface area contributed by atoms with Crippen LogP contribution in [0, 0.1) is 0 Å². The topological polar surface area (TPSA) is 171 Å². The van der Waals surface area contributed by atoms with Crippen LogP contribution in [-0.4, -0.2) is 88.9 Å². The molecule has 0 aromatic heterocycles. The average Bonchev–Trinajstić information content (AvgIpc) is 2.84. The number of rotatable bonds is 9. The molecule has 14 nitrogen and oxygen atoms in total. The van der Waals surface area contributed by atoms with Crippen LogP contribution in [0.2, 0.25) is 0 Å². The Kier molecular flexibility index (Phi) is 10.1. The van der Waals surface area contributed by atoms with E-state index in [9.17, 15) is 24.0 Å². The zero-order valence-electron chi connectivity index (χ0n) is 21.3. The highest BCUT2D eigenvalue weighted by atomic mass is 16.7. The summed E-state index contributed by atoms with van der Waals surface area (Å²) >= 11 is 0. The number of ether oxygens (including phenoxy) is 8. The van der Waals surface area contributed by atoms with E-state index >= 15 is 0 Å². The Hall–Kier alpha value is -4.07. The van der Waals surface area contributed by atoms with Gasteiger partial charge in [0.15, 0.2) is 42.1 Å². The summed E-state index contributed by atoms with van der Waals surface area (Å²) in [6.45, 7) is 3.18. The lowest BCUT2D eigenvalue weighted by Gasteiger charge is -2.43. The van der Waals surface area contributed by atoms with Gasteiger partial charge < -0.3 is 43.2 Å². The Morgan fingerprint density at radius 1 is 0.730 bits per heavy atom. The molecule has 1 N–H and O–H groups in total. The second-order valence-corrected chi connectivity index (χ2v) is 7.61. The fourth-order valence-corrected chi connectivity index (χ4v) is 3.66. The van der Waals surface area contributed by atoms with Gasteiger partial charge in [0.05, 0.1) is 28.4 Å². The van der Waals surface area contributed by atoms with Gasteiger partial charge in [-0.05, 0) is 12.1 Å². The Balaban J connectivity index is 2.54. The largest absolute Gasteiger partial charge is 0.493 e. The second-order valence-electron chi connectivity index (χ2n) is 7.61. The SMILES string of the molecule is COC(=O)[C@H]1O[C@@H](NC(=O)c2cc(OC)c(OC)c(OC)c2)[C@H](OC(C)=O)[C@@H](OC(C)=O)[C@@H]1OC(C)=O. The molecule has 0 bridgehead atoms. The monoisotopic (exact) mass is 527 g/mol. The molecule has 1 aliphatic heterocycles. The van der Waals surface area contributed by atoms with Gasteiger partial charge in [0.2, 0.25) is 5.75 Å². The van der Waals surface area contributed by atoms with Gasteiger partial charge in [0.1, 0.15) is 0 Å². The van der Waals surface area contributed by atoms with Crippen LogP contribution >= 0.6 is 0 Å². The van der Waals surface area contributed by atoms with Crippen LogP contribution in [0.5, 0.6) is 17.2 Å². The molecule has 37 heavy (non-hydrogen) atoms. The number of amides is 1. The smallest absolute Gasteiger partial charge is 0.339 e. The molecule has 5 atom stereocenters. The van der Waals surface area contributed by atoms with E-state index in [0.29, 0.717) is 0 Å². The Labute approximate surface area is 212 Å². The number of esters is 4. The molecule has 2 rings (SSSR count). The maximum Gasteiger partial charge on any atom is 0.339 e. The zero-order chi connectivity index (χ0) is 27.9. The van der Waals surface area contributed by atoms with Crippen molar-refractivity contribution in [1.29, 1.82) is 0 Å². The number of methoxy groups -OCH3 is 4. The lowest BCUT2D eigenvalue weighted by atomic mass is 9.96. The number of carbonyl (C=O) groups is 5. The Morgan fingerprint density at radius 3 is 1.65 bits per heavy atom. The van der Waals surface area contributed by atoms with E-state index in [-0.39, 0.29) is 22.8 Å². The first-order chi connectivity index (χ1) is 17.5. The summed E-state index contributed by atoms with van der Waals surface area (Å²) in [5, 5.41) is 2.49. The predicted octanol–water partition coefficient (Wildman–Crippen LogP) is 0.135. The van der Waals surface area contributed by atoms with E-state index in [2.05, 4.69) is 5.32 Å². The number of carbonyl (C=O) groups excluding carboxylic acids is 5. The highest BCUT2D eigenvalue weighted by molar-refractivity contribution is 5.96. The summed E-state index contributed by atoms with van der Waals surface area (Å²) in [5.74, 6) is -3.73. The first kappa shape index (κ1) is 29.2. The summed E-state index contributed by atoms with van der Waals surface area (Å²) in [5.41, 5.74) is 0.0143. The van der Waals surface area contributed by atoms with Gasteiger partial charge >= 0.3 is 23.9 Å². The zero-order valence-corrected chi connectivity index (χ0v) is 21.3. The molecule has 204 valence electrons. The molecule has 0 unspecified atom stereocenters. The highest BCUT2D eigenvalue weighted by Gasteiger charge is 2.55. The molecule has 0 aliphatic carbocycles. The molecule has 1 heterocycles. The summed E-state index contributed by atoms with van der Waals surface area (Å²) in [4.78, 5) is 61.3. The Morgan fingerprint density at radius 2 is 1.22 bits per heavy atom. The van der Waals surface area contributed by atoms with E-state index in [1.54, 1.807) is 0 Å². The van der Waals surface area contributed by atoms with Crippen LogP contribution in [0.25, 0.3) is 0 Å². The molecular formula is C23H29NO13. The summed E-state index contributed by atoms with van der Waals surface area (Å²) in [6.07, 6.45) is -7.86. The van der Waals surface area contributed by atoms with E-state index in [1.807, 2.05) is 0 Å². The fourth-order valence-electron chi connectivity index (χ4n) is 3.66. The van der Waals surface area contributed by atoms with Gasteiger partial charge in [0.25, 0.3) is 5.91 Å². The molecule has 1 amide bonds. The van der Waals surface area contributed by atoms with Crippen LogP contribution < -0.4 is 19.5 Å². The van der Waals surface area contributed by atoms with Crippen molar-refractivity contribution in [2.24, 2.45) is 0 Å². The minimum Gasteiger partial charge on any atom is -0.493 e. The minimum atomic E-state index is -1.66. The summed E-state index contributed by atoms with van der Waals surface area (Å²) < 4.78 is 41.9. The van der Waals surface area contributed by atoms with Gasteiger partial charge in [-0.3, -0.25) is 19.2 Å². The molecule has 1 fully saturated rings. The van der Waals surface area contributed by atoms with Crippen LogP contribution in [0.15, 0.2) is 12.1 Å². The highest BCUT2D eigenvalue weighted by Crippen LogP contribution is 2.38. The van der Waals surface area contributed by atoms with Crippen molar-refractivity contribution in [3.63, 3.8) is 0 Å². The standard InChI is InChI=1S/C23H29NO13/c1-10(25)34-17-18(35-11(2)26)20(23(29)33-7)37-22(19(17)36-12(3)27)24-21(28)13-8-14(30-4)16(32-6)15(9-13)31-5/h8-9,17-20,22H,1-7H3,(H,24,28)/t17-,18-,19+,20-,22+/m0/s1. The first-order valence-electron chi connectivity index (χ1n) is 10.8. The molecular weight excluding hydrogens is 498 g/mol. The summed E-state index contributed by atoms with van der Waals surface area (Å²) in [6, 6.07) is 2.70. The lowest BCUT2D eigenvalue weighted by molar-refractivity contribution is -0.251. The van der Waals surface area contributed by atoms with Gasteiger partial charge in [0, 0.05) is 26.3 Å². The first-order valence-corrected chi connectivity index (χ1v) is 10.8. The summed E-state index contributed by atoms with van der Waals surface area (Å²) in [7, 11) is 5.17. The minimum absolute atomic E-state index is 0.0143. The van der Waals surface area contributed by atoms with Crippen molar-refractivity contribution in [3.05, 3.63) is 17.7 Å². The number of benzene rings is 1. The lowest BCUT2D eigenvalue weighted by Crippen LogP contribution is -2.67.